The third-order valence-corrected chi connectivity index (χ3v) is 3.44. The lowest BCUT2D eigenvalue weighted by Crippen LogP contribution is -2.32. The summed E-state index contributed by atoms with van der Waals surface area (Å²) in [5, 5.41) is 13.0. The topological polar surface area (TPSA) is 32.3 Å². The Hall–Kier alpha value is -0.340. The lowest BCUT2D eigenvalue weighted by Gasteiger charge is -2.20. The summed E-state index contributed by atoms with van der Waals surface area (Å²) in [7, 11) is 0. The quantitative estimate of drug-likeness (QED) is 0.674. The van der Waals surface area contributed by atoms with Gasteiger partial charge >= 0.3 is 0 Å². The monoisotopic (exact) mass is 195 g/mol. The van der Waals surface area contributed by atoms with Crippen LogP contribution in [0.4, 0.5) is 0 Å². The first-order chi connectivity index (χ1) is 6.84. The van der Waals surface area contributed by atoms with Gasteiger partial charge < -0.3 is 10.4 Å². The lowest BCUT2D eigenvalue weighted by atomic mass is 10.0. The normalized spacial score (nSPS) is 37.6. The fourth-order valence-corrected chi connectivity index (χ4v) is 2.53. The Morgan fingerprint density at radius 1 is 1.29 bits per heavy atom. The molecule has 14 heavy (non-hydrogen) atoms. The van der Waals surface area contributed by atoms with Gasteiger partial charge in [0.1, 0.15) is 0 Å². The molecule has 0 aromatic rings. The Bertz CT molecular complexity index is 202. The van der Waals surface area contributed by atoms with Crippen LogP contribution in [0.5, 0.6) is 0 Å². The number of aliphatic hydroxyl groups excluding tert-OH is 1. The van der Waals surface area contributed by atoms with Crippen molar-refractivity contribution in [1.82, 2.24) is 5.32 Å². The van der Waals surface area contributed by atoms with E-state index in [1.165, 1.54) is 25.7 Å². The highest BCUT2D eigenvalue weighted by Crippen LogP contribution is 2.25. The minimum Gasteiger partial charge on any atom is -0.393 e. The Morgan fingerprint density at radius 3 is 2.86 bits per heavy atom. The molecule has 0 radical (unpaired) electrons. The van der Waals surface area contributed by atoms with Crippen LogP contribution < -0.4 is 5.32 Å². The Balaban J connectivity index is 1.66. The predicted octanol–water partition coefficient (Wildman–Crippen LogP) is 1.85. The number of rotatable bonds is 3. The largest absolute Gasteiger partial charge is 0.393 e. The second kappa shape index (κ2) is 4.94. The van der Waals surface area contributed by atoms with Crippen molar-refractivity contribution in [1.29, 1.82) is 0 Å². The van der Waals surface area contributed by atoms with Crippen molar-refractivity contribution in [3.05, 3.63) is 12.2 Å². The Morgan fingerprint density at radius 2 is 2.21 bits per heavy atom. The molecule has 2 nitrogen and oxygen atoms in total. The molecule has 80 valence electrons. The zero-order chi connectivity index (χ0) is 9.80. The van der Waals surface area contributed by atoms with Crippen LogP contribution in [0.1, 0.15) is 38.5 Å². The summed E-state index contributed by atoms with van der Waals surface area (Å²) < 4.78 is 0. The molecule has 0 amide bonds. The van der Waals surface area contributed by atoms with Crippen molar-refractivity contribution in [2.45, 2.75) is 50.7 Å². The van der Waals surface area contributed by atoms with Gasteiger partial charge in [-0.25, -0.2) is 0 Å². The number of nitrogens with one attached hydrogen (secondary N) is 1. The van der Waals surface area contributed by atoms with Crippen molar-refractivity contribution in [2.75, 3.05) is 6.54 Å². The molecule has 2 N–H and O–H groups in total. The average Bonchev–Trinajstić information content (AvgIpc) is 2.63. The Kier molecular flexibility index (Phi) is 3.60. The molecule has 0 aliphatic heterocycles. The van der Waals surface area contributed by atoms with Crippen LogP contribution in [0.15, 0.2) is 12.2 Å². The minimum absolute atomic E-state index is 0.0244. The van der Waals surface area contributed by atoms with Crippen molar-refractivity contribution in [2.24, 2.45) is 5.92 Å². The molecule has 0 aromatic carbocycles. The molecule has 0 spiro atoms. The molecule has 0 heterocycles. The van der Waals surface area contributed by atoms with E-state index in [4.69, 9.17) is 0 Å². The molecule has 0 bridgehead atoms. The molecule has 2 rings (SSSR count). The minimum atomic E-state index is -0.0244. The van der Waals surface area contributed by atoms with E-state index in [0.29, 0.717) is 12.0 Å². The summed E-state index contributed by atoms with van der Waals surface area (Å²) in [5.41, 5.74) is 0. The van der Waals surface area contributed by atoms with E-state index in [-0.39, 0.29) is 6.10 Å². The van der Waals surface area contributed by atoms with Crippen LogP contribution in [0.25, 0.3) is 0 Å². The predicted molar refractivity (Wildman–Crippen MR) is 58.1 cm³/mol. The maximum Gasteiger partial charge on any atom is 0.0543 e. The van der Waals surface area contributed by atoms with Gasteiger partial charge in [-0.15, -0.1) is 0 Å². The van der Waals surface area contributed by atoms with Gasteiger partial charge in [0.05, 0.1) is 6.10 Å². The second-order valence-corrected chi connectivity index (χ2v) is 4.71. The summed E-state index contributed by atoms with van der Waals surface area (Å²) in [5.74, 6) is 0.709. The number of aliphatic hydroxyl groups is 1. The van der Waals surface area contributed by atoms with Crippen molar-refractivity contribution in [3.63, 3.8) is 0 Å². The van der Waals surface area contributed by atoms with E-state index in [0.717, 1.165) is 19.4 Å². The average molecular weight is 195 g/mol. The summed E-state index contributed by atoms with van der Waals surface area (Å²) >= 11 is 0. The summed E-state index contributed by atoms with van der Waals surface area (Å²) in [4.78, 5) is 0. The van der Waals surface area contributed by atoms with Crippen molar-refractivity contribution in [3.8, 4) is 0 Å². The van der Waals surface area contributed by atoms with E-state index < -0.39 is 0 Å². The van der Waals surface area contributed by atoms with Gasteiger partial charge in [-0.2, -0.15) is 0 Å². The molecule has 2 heteroatoms. The standard InChI is InChI=1S/C12H21NO/c14-12-7-6-10(8-12)9-13-11-4-2-1-3-5-11/h2,4,10-14H,1,3,5-9H2. The van der Waals surface area contributed by atoms with Crippen molar-refractivity contribution < 1.29 is 5.11 Å². The molecule has 0 saturated heterocycles. The molecule has 0 aromatic heterocycles. The van der Waals surface area contributed by atoms with Crippen LogP contribution in [0.2, 0.25) is 0 Å². The van der Waals surface area contributed by atoms with Gasteiger partial charge in [-0.05, 0) is 51.0 Å². The summed E-state index contributed by atoms with van der Waals surface area (Å²) in [6.45, 7) is 1.09. The van der Waals surface area contributed by atoms with Gasteiger partial charge in [0.2, 0.25) is 0 Å². The molecular formula is C12H21NO. The number of allylic oxidation sites excluding steroid dienone is 1. The van der Waals surface area contributed by atoms with Gasteiger partial charge in [0.15, 0.2) is 0 Å². The van der Waals surface area contributed by atoms with Crippen LogP contribution in [0, 0.1) is 5.92 Å². The number of hydrogen-bond donors (Lipinski definition) is 2. The Labute approximate surface area is 86.4 Å². The lowest BCUT2D eigenvalue weighted by molar-refractivity contribution is 0.177. The van der Waals surface area contributed by atoms with E-state index in [1.54, 1.807) is 0 Å². The highest BCUT2D eigenvalue weighted by molar-refractivity contribution is 4.97. The molecule has 1 saturated carbocycles. The van der Waals surface area contributed by atoms with Crippen LogP contribution >= 0.6 is 0 Å². The molecule has 3 unspecified atom stereocenters. The van der Waals surface area contributed by atoms with E-state index in [1.807, 2.05) is 0 Å². The third-order valence-electron chi connectivity index (χ3n) is 3.44. The van der Waals surface area contributed by atoms with E-state index >= 15 is 0 Å². The smallest absolute Gasteiger partial charge is 0.0543 e. The molecule has 2 aliphatic carbocycles. The third kappa shape index (κ3) is 2.82. The fraction of sp³-hybridized carbons (Fsp3) is 0.833. The van der Waals surface area contributed by atoms with Crippen LogP contribution in [0.3, 0.4) is 0 Å². The highest BCUT2D eigenvalue weighted by Gasteiger charge is 2.22. The number of hydrogen-bond acceptors (Lipinski definition) is 2. The maximum atomic E-state index is 9.39. The van der Waals surface area contributed by atoms with E-state index in [2.05, 4.69) is 17.5 Å². The second-order valence-electron chi connectivity index (χ2n) is 4.71. The molecule has 2 aliphatic rings. The first kappa shape index (κ1) is 10.2. The zero-order valence-electron chi connectivity index (χ0n) is 8.78. The highest BCUT2D eigenvalue weighted by atomic mass is 16.3. The first-order valence-electron chi connectivity index (χ1n) is 5.92. The van der Waals surface area contributed by atoms with Gasteiger partial charge in [-0.1, -0.05) is 12.2 Å². The van der Waals surface area contributed by atoms with Gasteiger partial charge in [-0.3, -0.25) is 0 Å². The van der Waals surface area contributed by atoms with Gasteiger partial charge in [0, 0.05) is 6.04 Å². The van der Waals surface area contributed by atoms with Crippen LogP contribution in [-0.4, -0.2) is 23.8 Å². The summed E-state index contributed by atoms with van der Waals surface area (Å²) in [6.07, 6.45) is 11.6. The van der Waals surface area contributed by atoms with Gasteiger partial charge in [0.25, 0.3) is 0 Å². The zero-order valence-corrected chi connectivity index (χ0v) is 8.78. The van der Waals surface area contributed by atoms with E-state index in [9.17, 15) is 5.11 Å². The fourth-order valence-electron chi connectivity index (χ4n) is 2.53. The van der Waals surface area contributed by atoms with Crippen molar-refractivity contribution >= 4 is 0 Å². The summed E-state index contributed by atoms with van der Waals surface area (Å²) in [6, 6.07) is 0.599. The molecule has 1 fully saturated rings. The maximum absolute atomic E-state index is 9.39. The first-order valence-corrected chi connectivity index (χ1v) is 5.92. The van der Waals surface area contributed by atoms with Crippen LogP contribution in [-0.2, 0) is 0 Å². The SMILES string of the molecule is OC1CCC(CNC2C=CCCC2)C1. The molecular weight excluding hydrogens is 174 g/mol. The molecule has 3 atom stereocenters.